The molecule has 0 radical (unpaired) electrons. The van der Waals surface area contributed by atoms with Gasteiger partial charge in [-0.2, -0.15) is 5.26 Å². The Morgan fingerprint density at radius 2 is 2.20 bits per heavy atom. The Morgan fingerprint density at radius 1 is 1.50 bits per heavy atom. The number of nitriles is 1. The van der Waals surface area contributed by atoms with Crippen molar-refractivity contribution >= 4 is 11.9 Å². The summed E-state index contributed by atoms with van der Waals surface area (Å²) in [6.45, 7) is 5.72. The van der Waals surface area contributed by atoms with Crippen molar-refractivity contribution in [3.63, 3.8) is 0 Å². The Bertz CT molecular complexity index is 363. The third kappa shape index (κ3) is 6.90. The molecule has 0 heterocycles. The van der Waals surface area contributed by atoms with Crippen molar-refractivity contribution in [2.75, 3.05) is 26.9 Å². The predicted molar refractivity (Wildman–Crippen MR) is 73.7 cm³/mol. The highest BCUT2D eigenvalue weighted by molar-refractivity contribution is 5.84. The van der Waals surface area contributed by atoms with E-state index >= 15 is 0 Å². The van der Waals surface area contributed by atoms with Gasteiger partial charge in [0.1, 0.15) is 6.07 Å². The molecular formula is C14H22N2O4. The first-order valence-corrected chi connectivity index (χ1v) is 6.56. The molecule has 0 saturated carbocycles. The number of carbonyl (C=O) groups excluding carboxylic acids is 2. The van der Waals surface area contributed by atoms with E-state index in [9.17, 15) is 9.59 Å². The standard InChI is InChI=1S/C14H22N2O4/c1-4-6-7-13(17)16(3)12(11-19-9-5-2)14(18)20-10-8-15/h4,12H,1,5-7,9-11H2,2-3H3. The minimum atomic E-state index is -0.827. The van der Waals surface area contributed by atoms with Crippen LogP contribution in [0, 0.1) is 11.3 Å². The number of likely N-dealkylation sites (N-methyl/N-ethyl adjacent to an activating group) is 1. The number of nitrogens with zero attached hydrogens (tertiary/aromatic N) is 2. The maximum absolute atomic E-state index is 11.9. The van der Waals surface area contributed by atoms with Crippen molar-refractivity contribution in [3.05, 3.63) is 12.7 Å². The second-order valence-corrected chi connectivity index (χ2v) is 4.19. The van der Waals surface area contributed by atoms with E-state index in [0.717, 1.165) is 6.42 Å². The Kier molecular flexibility index (Phi) is 9.97. The minimum absolute atomic E-state index is 0.0639. The van der Waals surface area contributed by atoms with Crippen LogP contribution in [0.2, 0.25) is 0 Å². The summed E-state index contributed by atoms with van der Waals surface area (Å²) in [6.07, 6.45) is 3.27. The molecule has 0 aliphatic rings. The highest BCUT2D eigenvalue weighted by Crippen LogP contribution is 2.06. The second kappa shape index (κ2) is 11.0. The number of carbonyl (C=O) groups is 2. The molecule has 0 aromatic carbocycles. The van der Waals surface area contributed by atoms with Gasteiger partial charge < -0.3 is 14.4 Å². The van der Waals surface area contributed by atoms with E-state index < -0.39 is 12.0 Å². The molecule has 0 bridgehead atoms. The van der Waals surface area contributed by atoms with Crippen molar-refractivity contribution in [2.45, 2.75) is 32.2 Å². The first kappa shape index (κ1) is 18.1. The Morgan fingerprint density at radius 3 is 2.75 bits per heavy atom. The lowest BCUT2D eigenvalue weighted by atomic mass is 10.2. The molecule has 0 aliphatic heterocycles. The summed E-state index contributed by atoms with van der Waals surface area (Å²) < 4.78 is 10.1. The van der Waals surface area contributed by atoms with Crippen LogP contribution in [0.3, 0.4) is 0 Å². The smallest absolute Gasteiger partial charge is 0.332 e. The van der Waals surface area contributed by atoms with Gasteiger partial charge in [-0.3, -0.25) is 4.79 Å². The summed E-state index contributed by atoms with van der Waals surface area (Å²) >= 11 is 0. The third-order valence-corrected chi connectivity index (χ3v) is 2.60. The largest absolute Gasteiger partial charge is 0.449 e. The quantitative estimate of drug-likeness (QED) is 0.342. The molecule has 1 unspecified atom stereocenters. The van der Waals surface area contributed by atoms with Crippen LogP contribution in [0.4, 0.5) is 0 Å². The van der Waals surface area contributed by atoms with Gasteiger partial charge in [-0.1, -0.05) is 13.0 Å². The monoisotopic (exact) mass is 282 g/mol. The fourth-order valence-electron chi connectivity index (χ4n) is 1.45. The zero-order valence-electron chi connectivity index (χ0n) is 12.1. The highest BCUT2D eigenvalue weighted by Gasteiger charge is 2.28. The molecule has 1 atom stereocenters. The second-order valence-electron chi connectivity index (χ2n) is 4.19. The fraction of sp³-hybridized carbons (Fsp3) is 0.643. The fourth-order valence-corrected chi connectivity index (χ4v) is 1.45. The number of hydrogen-bond acceptors (Lipinski definition) is 5. The first-order chi connectivity index (χ1) is 9.58. The van der Waals surface area contributed by atoms with Gasteiger partial charge in [-0.25, -0.2) is 4.79 Å². The van der Waals surface area contributed by atoms with Crippen LogP contribution in [0.15, 0.2) is 12.7 Å². The molecule has 6 heteroatoms. The number of allylic oxidation sites excluding steroid dienone is 1. The number of hydrogen-bond donors (Lipinski definition) is 0. The summed E-state index contributed by atoms with van der Waals surface area (Å²) in [5.74, 6) is -0.819. The lowest BCUT2D eigenvalue weighted by Crippen LogP contribution is -2.46. The van der Waals surface area contributed by atoms with Gasteiger partial charge in [-0.05, 0) is 12.8 Å². The normalized spacial score (nSPS) is 11.2. The summed E-state index contributed by atoms with van der Waals surface area (Å²) in [4.78, 5) is 25.1. The van der Waals surface area contributed by atoms with Crippen LogP contribution in [0.25, 0.3) is 0 Å². The van der Waals surface area contributed by atoms with Crippen LogP contribution in [0.1, 0.15) is 26.2 Å². The van der Waals surface area contributed by atoms with Crippen molar-refractivity contribution in [3.8, 4) is 6.07 Å². The van der Waals surface area contributed by atoms with E-state index in [1.54, 1.807) is 12.1 Å². The molecule has 1 amide bonds. The van der Waals surface area contributed by atoms with E-state index in [2.05, 4.69) is 6.58 Å². The molecule has 0 aromatic rings. The first-order valence-electron chi connectivity index (χ1n) is 6.56. The van der Waals surface area contributed by atoms with E-state index in [1.807, 2.05) is 6.92 Å². The third-order valence-electron chi connectivity index (χ3n) is 2.60. The van der Waals surface area contributed by atoms with Gasteiger partial charge in [0, 0.05) is 20.1 Å². The van der Waals surface area contributed by atoms with Crippen molar-refractivity contribution in [2.24, 2.45) is 0 Å². The Balaban J connectivity index is 4.63. The lowest BCUT2D eigenvalue weighted by Gasteiger charge is -2.26. The summed E-state index contributed by atoms with van der Waals surface area (Å²) in [5.41, 5.74) is 0. The Hall–Kier alpha value is -1.87. The van der Waals surface area contributed by atoms with Crippen molar-refractivity contribution in [1.29, 1.82) is 5.26 Å². The molecule has 0 aromatic heterocycles. The number of amides is 1. The summed E-state index contributed by atoms with van der Waals surface area (Å²) in [7, 11) is 1.53. The van der Waals surface area contributed by atoms with Crippen LogP contribution >= 0.6 is 0 Å². The SMILES string of the molecule is C=CCCC(=O)N(C)C(COCCC)C(=O)OCC#N. The van der Waals surface area contributed by atoms with Gasteiger partial charge >= 0.3 is 5.97 Å². The van der Waals surface area contributed by atoms with E-state index in [4.69, 9.17) is 14.7 Å². The molecule has 0 fully saturated rings. The maximum atomic E-state index is 11.9. The zero-order chi connectivity index (χ0) is 15.4. The number of rotatable bonds is 10. The average molecular weight is 282 g/mol. The van der Waals surface area contributed by atoms with E-state index in [1.165, 1.54) is 11.9 Å². The molecule has 0 spiro atoms. The van der Waals surface area contributed by atoms with E-state index in [0.29, 0.717) is 13.0 Å². The lowest BCUT2D eigenvalue weighted by molar-refractivity contribution is -0.155. The van der Waals surface area contributed by atoms with Gasteiger partial charge in [0.25, 0.3) is 0 Å². The number of esters is 1. The van der Waals surface area contributed by atoms with Crippen LogP contribution in [-0.4, -0.2) is 49.7 Å². The molecule has 0 saturated heterocycles. The molecule has 6 nitrogen and oxygen atoms in total. The minimum Gasteiger partial charge on any atom is -0.449 e. The van der Waals surface area contributed by atoms with Gasteiger partial charge in [0.05, 0.1) is 6.61 Å². The van der Waals surface area contributed by atoms with Gasteiger partial charge in [0.15, 0.2) is 12.6 Å². The van der Waals surface area contributed by atoms with Gasteiger partial charge in [0.2, 0.25) is 5.91 Å². The van der Waals surface area contributed by atoms with E-state index in [-0.39, 0.29) is 25.5 Å². The van der Waals surface area contributed by atoms with Crippen LogP contribution < -0.4 is 0 Å². The van der Waals surface area contributed by atoms with Gasteiger partial charge in [-0.15, -0.1) is 6.58 Å². The maximum Gasteiger partial charge on any atom is 0.332 e. The molecule has 20 heavy (non-hydrogen) atoms. The van der Waals surface area contributed by atoms with Crippen LogP contribution in [0.5, 0.6) is 0 Å². The molecular weight excluding hydrogens is 260 g/mol. The van der Waals surface area contributed by atoms with Crippen LogP contribution in [-0.2, 0) is 19.1 Å². The summed E-state index contributed by atoms with van der Waals surface area (Å²) in [6, 6.07) is 0.896. The molecule has 0 N–H and O–H groups in total. The molecule has 112 valence electrons. The average Bonchev–Trinajstić information content (AvgIpc) is 2.46. The van der Waals surface area contributed by atoms with Crippen molar-refractivity contribution < 1.29 is 19.1 Å². The van der Waals surface area contributed by atoms with Crippen molar-refractivity contribution in [1.82, 2.24) is 4.90 Å². The highest BCUT2D eigenvalue weighted by atomic mass is 16.5. The number of ether oxygens (including phenoxy) is 2. The summed E-state index contributed by atoms with van der Waals surface area (Å²) in [5, 5.41) is 8.42. The Labute approximate surface area is 119 Å². The molecule has 0 aliphatic carbocycles. The molecule has 0 rings (SSSR count). The predicted octanol–water partition coefficient (Wildman–Crippen LogP) is 1.27. The zero-order valence-corrected chi connectivity index (χ0v) is 12.1. The topological polar surface area (TPSA) is 79.6 Å².